The smallest absolute Gasteiger partial charge is 0.336 e. The Morgan fingerprint density at radius 3 is 2.42 bits per heavy atom. The van der Waals surface area contributed by atoms with Gasteiger partial charge in [-0.3, -0.25) is 9.69 Å². The lowest BCUT2D eigenvalue weighted by Crippen LogP contribution is -2.37. The lowest BCUT2D eigenvalue weighted by atomic mass is 9.84. The predicted molar refractivity (Wildman–Crippen MR) is 103 cm³/mol. The Kier molecular flexibility index (Phi) is 4.41. The van der Waals surface area contributed by atoms with Gasteiger partial charge in [0.2, 0.25) is 5.91 Å². The lowest BCUT2D eigenvalue weighted by molar-refractivity contribution is -0.136. The summed E-state index contributed by atoms with van der Waals surface area (Å²) in [5, 5.41) is 0. The van der Waals surface area contributed by atoms with Crippen LogP contribution in [0.15, 0.2) is 64.3 Å². The number of hydrogen-bond donors (Lipinski definition) is 0. The second kappa shape index (κ2) is 6.72. The fraction of sp³-hybridized carbons (Fsp3) is 0.238. The molecule has 0 saturated heterocycles. The molecular weight excluding hydrogens is 394 g/mol. The van der Waals surface area contributed by atoms with Gasteiger partial charge in [0.05, 0.1) is 11.3 Å². The molecule has 0 radical (unpaired) electrons. The van der Waals surface area contributed by atoms with Gasteiger partial charge in [0.25, 0.3) is 0 Å². The van der Waals surface area contributed by atoms with E-state index in [4.69, 9.17) is 4.74 Å². The number of carbonyl (C=O) groups excluding carboxylic acids is 2. The van der Waals surface area contributed by atoms with Crippen molar-refractivity contribution >= 4 is 33.5 Å². The van der Waals surface area contributed by atoms with Gasteiger partial charge in [0.15, 0.2) is 0 Å². The van der Waals surface area contributed by atoms with Crippen LogP contribution in [0.2, 0.25) is 0 Å². The molecule has 0 N–H and O–H groups in total. The highest BCUT2D eigenvalue weighted by molar-refractivity contribution is 9.10. The van der Waals surface area contributed by atoms with Crippen LogP contribution in [0.5, 0.6) is 0 Å². The molecular formula is C21H18BrNO3. The van der Waals surface area contributed by atoms with Crippen molar-refractivity contribution in [2.45, 2.75) is 25.7 Å². The highest BCUT2D eigenvalue weighted by atomic mass is 79.9. The molecule has 0 spiro atoms. The monoisotopic (exact) mass is 411 g/mol. The molecule has 1 amide bonds. The Balaban J connectivity index is 1.78. The number of anilines is 1. The summed E-state index contributed by atoms with van der Waals surface area (Å²) in [6.07, 6.45) is 1.19. The molecule has 26 heavy (non-hydrogen) atoms. The molecule has 0 aliphatic carbocycles. The van der Waals surface area contributed by atoms with Gasteiger partial charge in [-0.2, -0.15) is 0 Å². The van der Waals surface area contributed by atoms with Gasteiger partial charge in [-0.1, -0.05) is 47.1 Å². The Bertz CT molecular complexity index is 900. The molecule has 2 aliphatic heterocycles. The minimum atomic E-state index is -0.324. The van der Waals surface area contributed by atoms with Crippen LogP contribution < -0.4 is 4.90 Å². The van der Waals surface area contributed by atoms with Crippen molar-refractivity contribution in [3.63, 3.8) is 0 Å². The standard InChI is InChI=1S/C21H18BrNO3/c1-2-13-3-9-16(10-4-13)23-18-12-26-21(25)20(18)17(11-19(23)24)14-5-7-15(22)8-6-14/h3-10,17H,2,11-12H2,1H3. The molecule has 4 nitrogen and oxygen atoms in total. The number of halogens is 1. The zero-order chi connectivity index (χ0) is 18.3. The van der Waals surface area contributed by atoms with E-state index in [9.17, 15) is 9.59 Å². The van der Waals surface area contributed by atoms with E-state index >= 15 is 0 Å². The van der Waals surface area contributed by atoms with E-state index in [1.54, 1.807) is 4.90 Å². The molecule has 0 saturated carbocycles. The molecule has 1 unspecified atom stereocenters. The van der Waals surface area contributed by atoms with Crippen molar-refractivity contribution in [3.05, 3.63) is 75.4 Å². The fourth-order valence-electron chi connectivity index (χ4n) is 3.61. The van der Waals surface area contributed by atoms with Gasteiger partial charge in [-0.25, -0.2) is 4.79 Å². The molecule has 5 heteroatoms. The summed E-state index contributed by atoms with van der Waals surface area (Å²) >= 11 is 3.42. The minimum absolute atomic E-state index is 0.0146. The second-order valence-electron chi connectivity index (χ2n) is 6.49. The number of carbonyl (C=O) groups is 2. The van der Waals surface area contributed by atoms with Crippen LogP contribution in [0.4, 0.5) is 5.69 Å². The Morgan fingerprint density at radius 1 is 1.08 bits per heavy atom. The van der Waals surface area contributed by atoms with E-state index in [2.05, 4.69) is 22.9 Å². The van der Waals surface area contributed by atoms with E-state index in [1.165, 1.54) is 5.56 Å². The first-order valence-electron chi connectivity index (χ1n) is 8.66. The number of aryl methyl sites for hydroxylation is 1. The summed E-state index contributed by atoms with van der Waals surface area (Å²) in [5.74, 6) is -0.596. The molecule has 2 aliphatic rings. The maximum absolute atomic E-state index is 13.0. The number of rotatable bonds is 3. The first kappa shape index (κ1) is 17.0. The Morgan fingerprint density at radius 2 is 1.77 bits per heavy atom. The van der Waals surface area contributed by atoms with E-state index in [0.29, 0.717) is 11.3 Å². The number of ether oxygens (including phenoxy) is 1. The fourth-order valence-corrected chi connectivity index (χ4v) is 3.88. The van der Waals surface area contributed by atoms with Crippen molar-refractivity contribution in [2.75, 3.05) is 11.5 Å². The van der Waals surface area contributed by atoms with E-state index < -0.39 is 0 Å². The van der Waals surface area contributed by atoms with Gasteiger partial charge in [-0.15, -0.1) is 0 Å². The summed E-state index contributed by atoms with van der Waals surface area (Å²) in [7, 11) is 0. The third-order valence-corrected chi connectivity index (χ3v) is 5.52. The van der Waals surface area contributed by atoms with Gasteiger partial charge in [0, 0.05) is 22.5 Å². The third kappa shape index (κ3) is 2.86. The van der Waals surface area contributed by atoms with Gasteiger partial charge >= 0.3 is 5.97 Å². The number of hydrogen-bond acceptors (Lipinski definition) is 3. The summed E-state index contributed by atoms with van der Waals surface area (Å²) in [5.41, 5.74) is 4.22. The number of cyclic esters (lactones) is 1. The zero-order valence-electron chi connectivity index (χ0n) is 14.4. The lowest BCUT2D eigenvalue weighted by Gasteiger charge is -2.32. The van der Waals surface area contributed by atoms with Gasteiger partial charge < -0.3 is 4.74 Å². The van der Waals surface area contributed by atoms with Crippen molar-refractivity contribution < 1.29 is 14.3 Å². The molecule has 2 aromatic carbocycles. The highest BCUT2D eigenvalue weighted by Crippen LogP contribution is 2.42. The van der Waals surface area contributed by atoms with Crippen LogP contribution >= 0.6 is 15.9 Å². The molecule has 0 bridgehead atoms. The topological polar surface area (TPSA) is 46.6 Å². The van der Waals surface area contributed by atoms with E-state index in [0.717, 1.165) is 22.1 Å². The minimum Gasteiger partial charge on any atom is -0.456 e. The van der Waals surface area contributed by atoms with Crippen LogP contribution in [-0.4, -0.2) is 18.5 Å². The predicted octanol–water partition coefficient (Wildman–Crippen LogP) is 4.34. The molecule has 132 valence electrons. The molecule has 2 heterocycles. The van der Waals surface area contributed by atoms with E-state index in [1.807, 2.05) is 48.5 Å². The molecule has 0 fully saturated rings. The van der Waals surface area contributed by atoms with Crippen LogP contribution in [0, 0.1) is 0 Å². The van der Waals surface area contributed by atoms with Crippen LogP contribution in [0.25, 0.3) is 0 Å². The Labute approximate surface area is 160 Å². The van der Waals surface area contributed by atoms with Crippen LogP contribution in [0.1, 0.15) is 30.4 Å². The molecule has 2 aromatic rings. The van der Waals surface area contributed by atoms with Crippen molar-refractivity contribution in [3.8, 4) is 0 Å². The van der Waals surface area contributed by atoms with Crippen molar-refractivity contribution in [1.29, 1.82) is 0 Å². The van der Waals surface area contributed by atoms with Crippen LogP contribution in [-0.2, 0) is 20.7 Å². The van der Waals surface area contributed by atoms with Crippen molar-refractivity contribution in [2.24, 2.45) is 0 Å². The quantitative estimate of drug-likeness (QED) is 0.705. The maximum Gasteiger partial charge on any atom is 0.336 e. The largest absolute Gasteiger partial charge is 0.456 e. The number of benzene rings is 2. The number of amides is 1. The Hall–Kier alpha value is -2.40. The normalized spacial score (nSPS) is 19.6. The van der Waals surface area contributed by atoms with Crippen molar-refractivity contribution in [1.82, 2.24) is 0 Å². The average molecular weight is 412 g/mol. The highest BCUT2D eigenvalue weighted by Gasteiger charge is 2.42. The van der Waals surface area contributed by atoms with Gasteiger partial charge in [0.1, 0.15) is 6.61 Å². The maximum atomic E-state index is 13.0. The molecule has 0 aromatic heterocycles. The van der Waals surface area contributed by atoms with E-state index in [-0.39, 0.29) is 30.8 Å². The number of nitrogens with zero attached hydrogens (tertiary/aromatic N) is 1. The molecule has 4 rings (SSSR count). The first-order chi connectivity index (χ1) is 12.6. The SMILES string of the molecule is CCc1ccc(N2C(=O)CC(c3ccc(Br)cc3)C3=C2COC3=O)cc1. The average Bonchev–Trinajstić information content (AvgIpc) is 3.03. The van der Waals surface area contributed by atoms with Gasteiger partial charge in [-0.05, 0) is 41.8 Å². The zero-order valence-corrected chi connectivity index (χ0v) is 16.0. The first-order valence-corrected chi connectivity index (χ1v) is 9.45. The van der Waals surface area contributed by atoms with Crippen LogP contribution in [0.3, 0.4) is 0 Å². The molecule has 1 atom stereocenters. The summed E-state index contributed by atoms with van der Waals surface area (Å²) in [6.45, 7) is 2.23. The summed E-state index contributed by atoms with van der Waals surface area (Å²) < 4.78 is 6.27. The second-order valence-corrected chi connectivity index (χ2v) is 7.41. The third-order valence-electron chi connectivity index (χ3n) is 4.99. The summed E-state index contributed by atoms with van der Waals surface area (Å²) in [6, 6.07) is 15.6. The summed E-state index contributed by atoms with van der Waals surface area (Å²) in [4.78, 5) is 27.0. The number of esters is 1.